The van der Waals surface area contributed by atoms with Crippen molar-refractivity contribution in [3.8, 4) is 0 Å². The van der Waals surface area contributed by atoms with Gasteiger partial charge in [0.1, 0.15) is 5.70 Å². The van der Waals surface area contributed by atoms with E-state index in [0.29, 0.717) is 45.7 Å². The summed E-state index contributed by atoms with van der Waals surface area (Å²) in [7, 11) is 0. The van der Waals surface area contributed by atoms with Crippen molar-refractivity contribution < 1.29 is 9.59 Å². The van der Waals surface area contributed by atoms with Gasteiger partial charge in [0.2, 0.25) is 0 Å². The van der Waals surface area contributed by atoms with Crippen molar-refractivity contribution in [2.24, 2.45) is 0 Å². The van der Waals surface area contributed by atoms with Gasteiger partial charge in [0, 0.05) is 36.2 Å². The molecule has 5 nitrogen and oxygen atoms in total. The van der Waals surface area contributed by atoms with Gasteiger partial charge in [-0.25, -0.2) is 4.90 Å². The Morgan fingerprint density at radius 2 is 1.50 bits per heavy atom. The Labute approximate surface area is 186 Å². The maximum atomic E-state index is 13.6. The van der Waals surface area contributed by atoms with Crippen molar-refractivity contribution in [1.29, 1.82) is 0 Å². The number of benzene rings is 2. The molecule has 2 aliphatic rings. The number of rotatable bonds is 4. The van der Waals surface area contributed by atoms with Crippen LogP contribution in [0.5, 0.6) is 0 Å². The highest BCUT2D eigenvalue weighted by molar-refractivity contribution is 6.45. The van der Waals surface area contributed by atoms with E-state index >= 15 is 0 Å². The minimum Gasteiger partial charge on any atom is -0.364 e. The fourth-order valence-electron chi connectivity index (χ4n) is 4.06. The van der Waals surface area contributed by atoms with Crippen LogP contribution in [0.4, 0.5) is 5.69 Å². The average molecular weight is 444 g/mol. The fraction of sp³-hybridized carbons (Fsp3) is 0.304. The Hall–Kier alpha value is -2.34. The first kappa shape index (κ1) is 20.9. The first-order valence-corrected chi connectivity index (χ1v) is 10.8. The van der Waals surface area contributed by atoms with E-state index in [1.165, 1.54) is 4.90 Å². The van der Waals surface area contributed by atoms with Gasteiger partial charge in [-0.2, -0.15) is 0 Å². The van der Waals surface area contributed by atoms with Crippen molar-refractivity contribution in [2.45, 2.75) is 13.8 Å². The second-order valence-electron chi connectivity index (χ2n) is 7.53. The molecule has 1 fully saturated rings. The average Bonchev–Trinajstić information content (AvgIpc) is 2.99. The molecule has 2 amide bonds. The normalized spacial score (nSPS) is 18.0. The molecule has 2 aromatic rings. The molecule has 0 spiro atoms. The Bertz CT molecular complexity index is 1030. The van der Waals surface area contributed by atoms with Crippen molar-refractivity contribution in [1.82, 2.24) is 9.80 Å². The molecule has 0 saturated carbocycles. The third-order valence-corrected chi connectivity index (χ3v) is 6.21. The Kier molecular flexibility index (Phi) is 5.87. The molecule has 0 aromatic heterocycles. The molecule has 2 aromatic carbocycles. The van der Waals surface area contributed by atoms with Gasteiger partial charge in [-0.3, -0.25) is 9.59 Å². The number of likely N-dealkylation sites (N-methyl/N-ethyl adjacent to an activating group) is 1. The maximum absolute atomic E-state index is 13.6. The summed E-state index contributed by atoms with van der Waals surface area (Å²) in [6.45, 7) is 8.06. The van der Waals surface area contributed by atoms with E-state index in [2.05, 4.69) is 11.8 Å². The summed E-state index contributed by atoms with van der Waals surface area (Å²) in [5, 5.41) is 1.15. The molecule has 1 saturated heterocycles. The van der Waals surface area contributed by atoms with Crippen LogP contribution in [0.2, 0.25) is 10.0 Å². The number of piperazine rings is 1. The van der Waals surface area contributed by atoms with Crippen molar-refractivity contribution >= 4 is 46.3 Å². The molecule has 0 aliphatic carbocycles. The van der Waals surface area contributed by atoms with Gasteiger partial charge < -0.3 is 9.80 Å². The van der Waals surface area contributed by atoms with Gasteiger partial charge in [-0.05, 0) is 54.9 Å². The molecule has 4 rings (SSSR count). The van der Waals surface area contributed by atoms with E-state index in [-0.39, 0.29) is 11.8 Å². The molecule has 0 atom stereocenters. The summed E-state index contributed by atoms with van der Waals surface area (Å²) in [6.07, 6.45) is 0. The zero-order chi connectivity index (χ0) is 21.4. The van der Waals surface area contributed by atoms with Crippen molar-refractivity contribution in [3.63, 3.8) is 0 Å². The Morgan fingerprint density at radius 3 is 2.10 bits per heavy atom. The summed E-state index contributed by atoms with van der Waals surface area (Å²) in [5.41, 5.74) is 2.92. The van der Waals surface area contributed by atoms with Crippen LogP contribution in [0.25, 0.3) is 5.57 Å². The van der Waals surface area contributed by atoms with E-state index in [1.807, 2.05) is 11.8 Å². The van der Waals surface area contributed by atoms with Gasteiger partial charge in [0.05, 0.1) is 11.3 Å². The van der Waals surface area contributed by atoms with E-state index in [9.17, 15) is 9.59 Å². The zero-order valence-corrected chi connectivity index (χ0v) is 18.5. The highest BCUT2D eigenvalue weighted by atomic mass is 35.5. The number of halogens is 2. The number of nitrogens with zero attached hydrogens (tertiary/aromatic N) is 3. The molecule has 2 heterocycles. The van der Waals surface area contributed by atoms with Gasteiger partial charge in [0.15, 0.2) is 0 Å². The number of hydrogen-bond acceptors (Lipinski definition) is 4. The van der Waals surface area contributed by atoms with E-state index < -0.39 is 0 Å². The first-order valence-electron chi connectivity index (χ1n) is 10.0. The zero-order valence-electron chi connectivity index (χ0n) is 17.0. The lowest BCUT2D eigenvalue weighted by Gasteiger charge is -2.36. The van der Waals surface area contributed by atoms with Crippen LogP contribution in [0.3, 0.4) is 0 Å². The summed E-state index contributed by atoms with van der Waals surface area (Å²) in [5.74, 6) is -0.610. The largest absolute Gasteiger partial charge is 0.364 e. The summed E-state index contributed by atoms with van der Waals surface area (Å²) in [6, 6.07) is 12.3. The maximum Gasteiger partial charge on any atom is 0.282 e. The first-order chi connectivity index (χ1) is 14.4. The smallest absolute Gasteiger partial charge is 0.282 e. The molecule has 0 N–H and O–H groups in total. The minimum atomic E-state index is -0.319. The molecule has 0 bridgehead atoms. The molecular formula is C23H23Cl2N3O2. The lowest BCUT2D eigenvalue weighted by molar-refractivity contribution is -0.120. The van der Waals surface area contributed by atoms with E-state index in [0.717, 1.165) is 25.2 Å². The topological polar surface area (TPSA) is 43.9 Å². The van der Waals surface area contributed by atoms with E-state index in [1.54, 1.807) is 42.5 Å². The number of carbonyl (C=O) groups excluding carboxylic acids is 2. The third-order valence-electron chi connectivity index (χ3n) is 5.73. The highest BCUT2D eigenvalue weighted by Gasteiger charge is 2.43. The number of aryl methyl sites for hydroxylation is 1. The Morgan fingerprint density at radius 1 is 0.867 bits per heavy atom. The van der Waals surface area contributed by atoms with Gasteiger partial charge >= 0.3 is 0 Å². The third kappa shape index (κ3) is 3.73. The molecule has 0 radical (unpaired) electrons. The second-order valence-corrected chi connectivity index (χ2v) is 8.40. The number of imide groups is 1. The van der Waals surface area contributed by atoms with Crippen molar-refractivity contribution in [3.05, 3.63) is 69.3 Å². The lowest BCUT2D eigenvalue weighted by atomic mass is 10.0. The molecule has 0 unspecified atom stereocenters. The van der Waals surface area contributed by atoms with Gasteiger partial charge in [0.25, 0.3) is 11.8 Å². The quantitative estimate of drug-likeness (QED) is 0.663. The summed E-state index contributed by atoms with van der Waals surface area (Å²) in [4.78, 5) is 32.8. The SMILES string of the molecule is CCN1CCN(C2=C(c3ccc(Cl)cc3)C(=O)N(c3ccc(Cl)cc3C)C2=O)CC1. The second kappa shape index (κ2) is 8.42. The molecule has 7 heteroatoms. The summed E-state index contributed by atoms with van der Waals surface area (Å²) >= 11 is 12.1. The van der Waals surface area contributed by atoms with Crippen LogP contribution in [0.1, 0.15) is 18.1 Å². The number of amides is 2. The standard InChI is InChI=1S/C23H23Cl2N3O2/c1-3-26-10-12-27(13-11-26)21-20(16-4-6-17(24)7-5-16)22(29)28(23(21)30)19-9-8-18(25)14-15(19)2/h4-9,14H,3,10-13H2,1-2H3. The van der Waals surface area contributed by atoms with Crippen LogP contribution in [0.15, 0.2) is 48.2 Å². The number of hydrogen-bond donors (Lipinski definition) is 0. The lowest BCUT2D eigenvalue weighted by Crippen LogP contribution is -2.47. The Balaban J connectivity index is 1.79. The molecule has 156 valence electrons. The monoisotopic (exact) mass is 443 g/mol. The predicted molar refractivity (Wildman–Crippen MR) is 121 cm³/mol. The van der Waals surface area contributed by atoms with Crippen LogP contribution < -0.4 is 4.90 Å². The fourth-order valence-corrected chi connectivity index (χ4v) is 4.42. The minimum absolute atomic E-state index is 0.291. The van der Waals surface area contributed by atoms with Gasteiger partial charge in [-0.1, -0.05) is 42.3 Å². The van der Waals surface area contributed by atoms with Crippen LogP contribution in [-0.2, 0) is 9.59 Å². The molecule has 30 heavy (non-hydrogen) atoms. The predicted octanol–water partition coefficient (Wildman–Crippen LogP) is 4.22. The van der Waals surface area contributed by atoms with Crippen LogP contribution >= 0.6 is 23.2 Å². The number of carbonyl (C=O) groups is 2. The van der Waals surface area contributed by atoms with Gasteiger partial charge in [-0.15, -0.1) is 0 Å². The van der Waals surface area contributed by atoms with E-state index in [4.69, 9.17) is 23.2 Å². The van der Waals surface area contributed by atoms with Crippen molar-refractivity contribution in [2.75, 3.05) is 37.6 Å². The molecule has 2 aliphatic heterocycles. The van der Waals surface area contributed by atoms with Crippen LogP contribution in [0, 0.1) is 6.92 Å². The van der Waals surface area contributed by atoms with Crippen LogP contribution in [-0.4, -0.2) is 54.3 Å². The number of anilines is 1. The summed E-state index contributed by atoms with van der Waals surface area (Å²) < 4.78 is 0. The highest BCUT2D eigenvalue weighted by Crippen LogP contribution is 2.37. The molecular weight excluding hydrogens is 421 g/mol.